The monoisotopic (exact) mass is 283 g/mol. The smallest absolute Gasteiger partial charge is 0.221 e. The average Bonchev–Trinajstić information content (AvgIpc) is 2.80. The lowest BCUT2D eigenvalue weighted by Crippen LogP contribution is -2.38. The Bertz CT molecular complexity index is 388. The second kappa shape index (κ2) is 8.30. The molecule has 0 aliphatic heterocycles. The summed E-state index contributed by atoms with van der Waals surface area (Å²) in [5, 5.41) is 8.39. The van der Waals surface area contributed by atoms with Crippen molar-refractivity contribution < 1.29 is 4.79 Å². The van der Waals surface area contributed by atoms with Crippen molar-refractivity contribution >= 4 is 22.9 Å². The highest BCUT2D eigenvalue weighted by atomic mass is 32.1. The van der Waals surface area contributed by atoms with Crippen molar-refractivity contribution in [1.29, 1.82) is 0 Å². The van der Waals surface area contributed by atoms with Crippen LogP contribution >= 0.6 is 11.3 Å². The zero-order valence-electron chi connectivity index (χ0n) is 12.3. The van der Waals surface area contributed by atoms with Crippen LogP contribution in [0, 0.1) is 0 Å². The molecular formula is C14H25N3OS. The molecule has 2 N–H and O–H groups in total. The van der Waals surface area contributed by atoms with Crippen molar-refractivity contribution in [2.24, 2.45) is 0 Å². The Hall–Kier alpha value is -0.910. The van der Waals surface area contributed by atoms with Gasteiger partial charge in [-0.2, -0.15) is 0 Å². The molecule has 108 valence electrons. The quantitative estimate of drug-likeness (QED) is 0.770. The van der Waals surface area contributed by atoms with E-state index < -0.39 is 0 Å². The van der Waals surface area contributed by atoms with Crippen LogP contribution in [-0.2, 0) is 11.3 Å². The molecule has 0 aromatic carbocycles. The number of carbonyl (C=O) groups excluding carboxylic acids is 1. The van der Waals surface area contributed by atoms with Crippen molar-refractivity contribution in [3.05, 3.63) is 16.3 Å². The minimum atomic E-state index is -0.0177. The van der Waals surface area contributed by atoms with Crippen LogP contribution < -0.4 is 10.6 Å². The van der Waals surface area contributed by atoms with Crippen molar-refractivity contribution in [3.63, 3.8) is 0 Å². The van der Waals surface area contributed by atoms with Gasteiger partial charge in [0.1, 0.15) is 0 Å². The van der Waals surface area contributed by atoms with E-state index in [1.807, 2.05) is 11.4 Å². The zero-order chi connectivity index (χ0) is 14.3. The number of likely N-dealkylation sites (N-methyl/N-ethyl adjacent to an activating group) is 1. The number of amides is 1. The van der Waals surface area contributed by atoms with Crippen LogP contribution in [0.4, 0.5) is 5.69 Å². The maximum atomic E-state index is 11.1. The minimum Gasteiger partial charge on any atom is -0.325 e. The lowest BCUT2D eigenvalue weighted by Gasteiger charge is -2.23. The highest BCUT2D eigenvalue weighted by Gasteiger charge is 2.09. The van der Waals surface area contributed by atoms with Crippen LogP contribution in [0.15, 0.2) is 11.4 Å². The van der Waals surface area contributed by atoms with Gasteiger partial charge in [0.25, 0.3) is 0 Å². The summed E-state index contributed by atoms with van der Waals surface area (Å²) >= 11 is 1.67. The van der Waals surface area contributed by atoms with E-state index >= 15 is 0 Å². The largest absolute Gasteiger partial charge is 0.325 e. The molecule has 1 heterocycles. The van der Waals surface area contributed by atoms with E-state index in [0.29, 0.717) is 6.04 Å². The third-order valence-corrected chi connectivity index (χ3v) is 4.01. The van der Waals surface area contributed by atoms with Crippen molar-refractivity contribution in [2.45, 2.75) is 40.3 Å². The molecule has 0 aliphatic carbocycles. The average molecular weight is 283 g/mol. The Morgan fingerprint density at radius 2 is 2.11 bits per heavy atom. The summed E-state index contributed by atoms with van der Waals surface area (Å²) in [6.07, 6.45) is 0. The van der Waals surface area contributed by atoms with Crippen molar-refractivity contribution in [1.82, 2.24) is 10.2 Å². The second-order valence-electron chi connectivity index (χ2n) is 4.71. The standard InChI is InChI=1S/C14H25N3OS/c1-5-17(6-2)10-11(3)15-9-14-13(7-8-19-14)16-12(4)18/h7-8,11,15H,5-6,9-10H2,1-4H3,(H,16,18). The molecular weight excluding hydrogens is 258 g/mol. The van der Waals surface area contributed by atoms with E-state index in [1.54, 1.807) is 11.3 Å². The molecule has 0 bridgehead atoms. The Balaban J connectivity index is 2.43. The SMILES string of the molecule is CCN(CC)CC(C)NCc1sccc1NC(C)=O. The number of hydrogen-bond acceptors (Lipinski definition) is 4. The Labute approximate surface area is 120 Å². The first kappa shape index (κ1) is 16.1. The van der Waals surface area contributed by atoms with Crippen LogP contribution in [0.5, 0.6) is 0 Å². The minimum absolute atomic E-state index is 0.0177. The van der Waals surface area contributed by atoms with E-state index in [-0.39, 0.29) is 5.91 Å². The van der Waals surface area contributed by atoms with Gasteiger partial charge in [0.15, 0.2) is 0 Å². The van der Waals surface area contributed by atoms with E-state index in [2.05, 4.69) is 36.3 Å². The predicted octanol–water partition coefficient (Wildman–Crippen LogP) is 2.53. The first-order chi connectivity index (χ1) is 9.06. The summed E-state index contributed by atoms with van der Waals surface area (Å²) < 4.78 is 0. The summed E-state index contributed by atoms with van der Waals surface area (Å²) in [5.74, 6) is -0.0177. The third kappa shape index (κ3) is 5.72. The van der Waals surface area contributed by atoms with Crippen LogP contribution in [-0.4, -0.2) is 36.5 Å². The maximum absolute atomic E-state index is 11.1. The molecule has 0 radical (unpaired) electrons. The van der Waals surface area contributed by atoms with Gasteiger partial charge in [-0.25, -0.2) is 0 Å². The van der Waals surface area contributed by atoms with Gasteiger partial charge in [0, 0.05) is 30.9 Å². The molecule has 0 saturated heterocycles. The normalized spacial score (nSPS) is 12.7. The lowest BCUT2D eigenvalue weighted by molar-refractivity contribution is -0.114. The van der Waals surface area contributed by atoms with Gasteiger partial charge in [-0.15, -0.1) is 11.3 Å². The Morgan fingerprint density at radius 1 is 1.42 bits per heavy atom. The molecule has 0 spiro atoms. The molecule has 1 amide bonds. The lowest BCUT2D eigenvalue weighted by atomic mass is 10.3. The number of nitrogens with zero attached hydrogens (tertiary/aromatic N) is 1. The number of rotatable bonds is 8. The number of hydrogen-bond donors (Lipinski definition) is 2. The molecule has 1 unspecified atom stereocenters. The maximum Gasteiger partial charge on any atom is 0.221 e. The number of nitrogens with one attached hydrogen (secondary N) is 2. The van der Waals surface area contributed by atoms with Gasteiger partial charge in [-0.1, -0.05) is 13.8 Å². The van der Waals surface area contributed by atoms with E-state index in [4.69, 9.17) is 0 Å². The third-order valence-electron chi connectivity index (χ3n) is 3.09. The Morgan fingerprint density at radius 3 is 2.68 bits per heavy atom. The second-order valence-corrected chi connectivity index (χ2v) is 5.71. The van der Waals surface area contributed by atoms with E-state index in [1.165, 1.54) is 11.8 Å². The zero-order valence-corrected chi connectivity index (χ0v) is 13.1. The van der Waals surface area contributed by atoms with Crippen LogP contribution in [0.2, 0.25) is 0 Å². The summed E-state index contributed by atoms with van der Waals surface area (Å²) in [5.41, 5.74) is 0.931. The summed E-state index contributed by atoms with van der Waals surface area (Å²) in [4.78, 5) is 14.7. The van der Waals surface area contributed by atoms with Gasteiger partial charge in [-0.3, -0.25) is 4.79 Å². The number of thiophene rings is 1. The summed E-state index contributed by atoms with van der Waals surface area (Å²) in [6.45, 7) is 12.1. The van der Waals surface area contributed by atoms with E-state index in [0.717, 1.165) is 31.9 Å². The highest BCUT2D eigenvalue weighted by Crippen LogP contribution is 2.22. The molecule has 4 nitrogen and oxygen atoms in total. The topological polar surface area (TPSA) is 44.4 Å². The molecule has 19 heavy (non-hydrogen) atoms. The molecule has 0 fully saturated rings. The molecule has 1 rings (SSSR count). The number of anilines is 1. The van der Waals surface area contributed by atoms with E-state index in [9.17, 15) is 4.79 Å². The van der Waals surface area contributed by atoms with Crippen LogP contribution in [0.3, 0.4) is 0 Å². The predicted molar refractivity (Wildman–Crippen MR) is 82.7 cm³/mol. The first-order valence-corrected chi connectivity index (χ1v) is 7.74. The van der Waals surface area contributed by atoms with Crippen molar-refractivity contribution in [3.8, 4) is 0 Å². The van der Waals surface area contributed by atoms with Crippen LogP contribution in [0.25, 0.3) is 0 Å². The summed E-state index contributed by atoms with van der Waals surface area (Å²) in [7, 11) is 0. The van der Waals surface area contributed by atoms with Gasteiger partial charge in [-0.05, 0) is 31.5 Å². The molecule has 1 aromatic rings. The van der Waals surface area contributed by atoms with Crippen molar-refractivity contribution in [2.75, 3.05) is 25.0 Å². The van der Waals surface area contributed by atoms with Gasteiger partial charge < -0.3 is 15.5 Å². The molecule has 0 saturated carbocycles. The number of carbonyl (C=O) groups is 1. The molecule has 0 aliphatic rings. The molecule has 5 heteroatoms. The fourth-order valence-corrected chi connectivity index (χ4v) is 2.76. The Kier molecular flexibility index (Phi) is 7.05. The summed E-state index contributed by atoms with van der Waals surface area (Å²) in [6, 6.07) is 2.39. The van der Waals surface area contributed by atoms with Gasteiger partial charge in [0.05, 0.1) is 5.69 Å². The highest BCUT2D eigenvalue weighted by molar-refractivity contribution is 7.10. The van der Waals surface area contributed by atoms with Gasteiger partial charge >= 0.3 is 0 Å². The first-order valence-electron chi connectivity index (χ1n) is 6.86. The van der Waals surface area contributed by atoms with Crippen LogP contribution in [0.1, 0.15) is 32.6 Å². The molecule has 1 aromatic heterocycles. The fraction of sp³-hybridized carbons (Fsp3) is 0.643. The fourth-order valence-electron chi connectivity index (χ4n) is 1.98. The van der Waals surface area contributed by atoms with Gasteiger partial charge in [0.2, 0.25) is 5.91 Å². The molecule has 1 atom stereocenters.